The maximum Gasteiger partial charge on any atom is 0.407 e. The van der Waals surface area contributed by atoms with Gasteiger partial charge in [0.2, 0.25) is 0 Å². The van der Waals surface area contributed by atoms with Crippen molar-refractivity contribution in [1.29, 1.82) is 0 Å². The predicted molar refractivity (Wildman–Crippen MR) is 161 cm³/mol. The first-order valence-electron chi connectivity index (χ1n) is 14.0. The fourth-order valence-electron chi connectivity index (χ4n) is 4.95. The van der Waals surface area contributed by atoms with Gasteiger partial charge in [-0.2, -0.15) is 0 Å². The number of carbonyl (C=O) groups excluding carboxylic acids is 2. The van der Waals surface area contributed by atoms with Gasteiger partial charge in [-0.15, -0.1) is 0 Å². The second-order valence-electron chi connectivity index (χ2n) is 11.2. The van der Waals surface area contributed by atoms with Crippen LogP contribution in [0.5, 0.6) is 11.5 Å². The molecular weight excluding hydrogens is 581 g/mol. The number of methoxy groups -OCH3 is 2. The summed E-state index contributed by atoms with van der Waals surface area (Å²) in [5.41, 5.74) is -0.771. The summed E-state index contributed by atoms with van der Waals surface area (Å²) in [4.78, 5) is 33.4. The number of nitrogens with one attached hydrogen (secondary N) is 3. The zero-order valence-corrected chi connectivity index (χ0v) is 25.6. The summed E-state index contributed by atoms with van der Waals surface area (Å²) in [5.74, 6) is 0.349. The van der Waals surface area contributed by atoms with Crippen molar-refractivity contribution >= 4 is 46.1 Å². The van der Waals surface area contributed by atoms with Crippen LogP contribution < -0.4 is 25.4 Å². The Bertz CT molecular complexity index is 1460. The number of hydrogen-bond acceptors (Lipinski definition) is 10. The fraction of sp³-hybridized carbons (Fsp3) is 0.467. The Morgan fingerprint density at radius 3 is 2.51 bits per heavy atom. The zero-order chi connectivity index (χ0) is 31.2. The molecule has 0 saturated heterocycles. The van der Waals surface area contributed by atoms with Crippen molar-refractivity contribution in [2.45, 2.75) is 63.7 Å². The van der Waals surface area contributed by atoms with Gasteiger partial charge < -0.3 is 34.9 Å². The number of esters is 1. The van der Waals surface area contributed by atoms with Crippen molar-refractivity contribution in [1.82, 2.24) is 20.6 Å². The Kier molecular flexibility index (Phi) is 10.1. The lowest BCUT2D eigenvalue weighted by atomic mass is 9.80. The summed E-state index contributed by atoms with van der Waals surface area (Å²) < 4.78 is 36.9. The second-order valence-corrected chi connectivity index (χ2v) is 11.6. The molecule has 1 aliphatic rings. The number of anilines is 2. The van der Waals surface area contributed by atoms with E-state index in [4.69, 9.17) is 30.5 Å². The lowest BCUT2D eigenvalue weighted by Crippen LogP contribution is -2.57. The monoisotopic (exact) mass is 617 g/mol. The molecule has 0 spiro atoms. The van der Waals surface area contributed by atoms with Crippen molar-refractivity contribution in [2.75, 3.05) is 32.6 Å². The standard InChI is InChI=1S/C30H37ClFN5O6/c1-29(2,3)43-28(39)33-13-14-36-30(27(38)41-5)11-9-18(10-12-30)42-24-15-19-22(16-23(24)40-4)34-17-35-26(19)37-21-8-6-7-20(31)25(21)32/h6-8,15-18,36H,9-14H2,1-5H3,(H,33,39)(H,34,35,37)/t18-,30+. The number of halogens is 2. The van der Waals surface area contributed by atoms with Crippen LogP contribution in [0.15, 0.2) is 36.7 Å². The molecule has 13 heteroatoms. The number of fused-ring (bicyclic) bond motifs is 1. The van der Waals surface area contributed by atoms with Gasteiger partial charge in [-0.25, -0.2) is 19.2 Å². The molecule has 3 N–H and O–H groups in total. The highest BCUT2D eigenvalue weighted by Gasteiger charge is 2.43. The third-order valence-electron chi connectivity index (χ3n) is 7.04. The number of ether oxygens (including phenoxy) is 4. The van der Waals surface area contributed by atoms with Gasteiger partial charge in [0.25, 0.3) is 0 Å². The van der Waals surface area contributed by atoms with Crippen LogP contribution >= 0.6 is 11.6 Å². The Morgan fingerprint density at radius 1 is 1.09 bits per heavy atom. The Morgan fingerprint density at radius 2 is 1.84 bits per heavy atom. The molecule has 0 aliphatic heterocycles. The van der Waals surface area contributed by atoms with E-state index < -0.39 is 23.1 Å². The van der Waals surface area contributed by atoms with E-state index in [0.717, 1.165) is 0 Å². The lowest BCUT2D eigenvalue weighted by molar-refractivity contribution is -0.151. The molecule has 11 nitrogen and oxygen atoms in total. The first-order chi connectivity index (χ1) is 20.4. The highest BCUT2D eigenvalue weighted by Crippen LogP contribution is 2.38. The third-order valence-corrected chi connectivity index (χ3v) is 7.33. The van der Waals surface area contributed by atoms with E-state index in [1.807, 2.05) is 0 Å². The first-order valence-corrected chi connectivity index (χ1v) is 14.3. The van der Waals surface area contributed by atoms with Crippen molar-refractivity contribution in [3.8, 4) is 11.5 Å². The molecule has 1 heterocycles. The summed E-state index contributed by atoms with van der Waals surface area (Å²) in [7, 11) is 2.89. The smallest absolute Gasteiger partial charge is 0.407 e. The average molecular weight is 618 g/mol. The predicted octanol–water partition coefficient (Wildman–Crippen LogP) is 5.52. The van der Waals surface area contributed by atoms with Crippen LogP contribution in [0.1, 0.15) is 46.5 Å². The summed E-state index contributed by atoms with van der Waals surface area (Å²) in [6, 6.07) is 8.15. The Hall–Kier alpha value is -3.90. The largest absolute Gasteiger partial charge is 0.493 e. The van der Waals surface area contributed by atoms with Crippen LogP contribution in [-0.2, 0) is 14.3 Å². The molecule has 1 saturated carbocycles. The van der Waals surface area contributed by atoms with Gasteiger partial charge in [0.05, 0.1) is 36.6 Å². The number of carbonyl (C=O) groups is 2. The number of alkyl carbamates (subject to hydrolysis) is 1. The van der Waals surface area contributed by atoms with E-state index in [2.05, 4.69) is 25.9 Å². The fourth-order valence-corrected chi connectivity index (χ4v) is 5.13. The van der Waals surface area contributed by atoms with Crippen LogP contribution in [0, 0.1) is 5.82 Å². The molecule has 0 atom stereocenters. The zero-order valence-electron chi connectivity index (χ0n) is 24.9. The normalized spacial score (nSPS) is 18.5. The summed E-state index contributed by atoms with van der Waals surface area (Å²) in [6.07, 6.45) is 2.63. The van der Waals surface area contributed by atoms with Crippen molar-refractivity contribution in [3.63, 3.8) is 0 Å². The highest BCUT2D eigenvalue weighted by atomic mass is 35.5. The molecular formula is C30H37ClFN5O6. The third kappa shape index (κ3) is 7.94. The SMILES string of the molecule is COc1cc2ncnc(Nc3cccc(Cl)c3F)c2cc1O[C@H]1CC[C@](NCCNC(=O)OC(C)(C)C)(C(=O)OC)CC1. The highest BCUT2D eigenvalue weighted by molar-refractivity contribution is 6.31. The van der Waals surface area contributed by atoms with Gasteiger partial charge in [0.15, 0.2) is 17.3 Å². The molecule has 3 aromatic rings. The number of benzene rings is 2. The quantitative estimate of drug-likeness (QED) is 0.197. The van der Waals surface area contributed by atoms with Crippen LogP contribution in [0.4, 0.5) is 20.7 Å². The molecule has 232 valence electrons. The van der Waals surface area contributed by atoms with Gasteiger partial charge in [-0.3, -0.25) is 4.79 Å². The van der Waals surface area contributed by atoms with Gasteiger partial charge in [-0.05, 0) is 64.7 Å². The number of aromatic nitrogens is 2. The Balaban J connectivity index is 1.45. The van der Waals surface area contributed by atoms with Gasteiger partial charge >= 0.3 is 12.1 Å². The Labute approximate surface area is 254 Å². The van der Waals surface area contributed by atoms with Crippen LogP contribution in [-0.4, -0.2) is 66.6 Å². The maximum atomic E-state index is 14.6. The van der Waals surface area contributed by atoms with Crippen molar-refractivity contribution < 1.29 is 32.9 Å². The van der Waals surface area contributed by atoms with Gasteiger partial charge in [0, 0.05) is 24.5 Å². The van der Waals surface area contributed by atoms with Crippen molar-refractivity contribution in [3.05, 3.63) is 47.5 Å². The first kappa shape index (κ1) is 32.0. The molecule has 0 unspecified atom stereocenters. The molecule has 1 amide bonds. The molecule has 1 aliphatic carbocycles. The number of amides is 1. The molecule has 0 radical (unpaired) electrons. The van der Waals surface area contributed by atoms with E-state index in [9.17, 15) is 14.0 Å². The lowest BCUT2D eigenvalue weighted by Gasteiger charge is -2.38. The van der Waals surface area contributed by atoms with Crippen LogP contribution in [0.2, 0.25) is 5.02 Å². The summed E-state index contributed by atoms with van der Waals surface area (Å²) in [6.45, 7) is 5.99. The topological polar surface area (TPSA) is 133 Å². The van der Waals surface area contributed by atoms with Crippen molar-refractivity contribution in [2.24, 2.45) is 0 Å². The molecule has 0 bridgehead atoms. The molecule has 1 fully saturated rings. The number of nitrogens with zero attached hydrogens (tertiary/aromatic N) is 2. The molecule has 1 aromatic heterocycles. The maximum absolute atomic E-state index is 14.6. The van der Waals surface area contributed by atoms with E-state index in [0.29, 0.717) is 60.4 Å². The van der Waals surface area contributed by atoms with Gasteiger partial charge in [-0.1, -0.05) is 17.7 Å². The van der Waals surface area contributed by atoms with E-state index in [-0.39, 0.29) is 29.3 Å². The van der Waals surface area contributed by atoms with Gasteiger partial charge in [0.1, 0.15) is 23.3 Å². The number of hydrogen-bond donors (Lipinski definition) is 3. The summed E-state index contributed by atoms with van der Waals surface area (Å²) in [5, 5.41) is 9.55. The number of rotatable bonds is 10. The van der Waals surface area contributed by atoms with Crippen LogP contribution in [0.25, 0.3) is 10.9 Å². The molecule has 43 heavy (non-hydrogen) atoms. The molecule has 2 aromatic carbocycles. The van der Waals surface area contributed by atoms with E-state index in [1.165, 1.54) is 26.6 Å². The van der Waals surface area contributed by atoms with Crippen LogP contribution in [0.3, 0.4) is 0 Å². The minimum Gasteiger partial charge on any atom is -0.493 e. The minimum atomic E-state index is -0.913. The second kappa shape index (κ2) is 13.6. The van der Waals surface area contributed by atoms with E-state index in [1.54, 1.807) is 45.0 Å². The average Bonchev–Trinajstić information content (AvgIpc) is 2.97. The molecule has 4 rings (SSSR count). The summed E-state index contributed by atoms with van der Waals surface area (Å²) >= 11 is 5.95. The minimum absolute atomic E-state index is 0.0109. The van der Waals surface area contributed by atoms with E-state index >= 15 is 0 Å².